The maximum absolute atomic E-state index is 14.6. The van der Waals surface area contributed by atoms with Crippen LogP contribution in [0.1, 0.15) is 10.4 Å². The van der Waals surface area contributed by atoms with E-state index in [0.29, 0.717) is 28.3 Å². The number of benzene rings is 3. The van der Waals surface area contributed by atoms with Gasteiger partial charge in [0, 0.05) is 18.2 Å². The van der Waals surface area contributed by atoms with Crippen LogP contribution in [-0.2, 0) is 0 Å². The lowest BCUT2D eigenvalue weighted by Crippen LogP contribution is -2.48. The molecule has 1 heterocycles. The second kappa shape index (κ2) is 8.67. The van der Waals surface area contributed by atoms with Gasteiger partial charge < -0.3 is 20.3 Å². The van der Waals surface area contributed by atoms with Crippen molar-refractivity contribution in [2.45, 2.75) is 6.17 Å². The van der Waals surface area contributed by atoms with Crippen LogP contribution >= 0.6 is 11.6 Å². The molecule has 5 nitrogen and oxygen atoms in total. The van der Waals surface area contributed by atoms with E-state index in [1.165, 1.54) is 13.2 Å². The van der Waals surface area contributed by atoms with Crippen LogP contribution in [0.25, 0.3) is 11.1 Å². The van der Waals surface area contributed by atoms with Crippen LogP contribution in [0.3, 0.4) is 0 Å². The first-order valence-corrected chi connectivity index (χ1v) is 10.4. The Bertz CT molecular complexity index is 1160. The highest BCUT2D eigenvalue weighted by atomic mass is 35.5. The number of rotatable bonds is 6. The Morgan fingerprint density at radius 2 is 1.94 bits per heavy atom. The first-order valence-electron chi connectivity index (χ1n) is 9.99. The molecule has 1 saturated heterocycles. The summed E-state index contributed by atoms with van der Waals surface area (Å²) in [4.78, 5) is 15.2. The number of nitrogens with two attached hydrogens (primary N) is 1. The summed E-state index contributed by atoms with van der Waals surface area (Å²) in [6, 6.07) is 14.9. The largest absolute Gasteiger partial charge is 0.496 e. The van der Waals surface area contributed by atoms with Gasteiger partial charge in [-0.2, -0.15) is 0 Å². The molecule has 0 unspecified atom stereocenters. The topological polar surface area (TPSA) is 58.8 Å². The monoisotopic (exact) mass is 457 g/mol. The van der Waals surface area contributed by atoms with Gasteiger partial charge in [0.1, 0.15) is 17.7 Å². The molecule has 1 aliphatic heterocycles. The van der Waals surface area contributed by atoms with E-state index in [9.17, 15) is 13.6 Å². The Labute approximate surface area is 189 Å². The summed E-state index contributed by atoms with van der Waals surface area (Å²) in [6.07, 6.45) is -0.929. The molecule has 0 aromatic heterocycles. The molecular weight excluding hydrogens is 436 g/mol. The number of anilines is 3. The molecule has 3 aromatic carbocycles. The van der Waals surface area contributed by atoms with Gasteiger partial charge in [-0.1, -0.05) is 23.7 Å². The van der Waals surface area contributed by atoms with Gasteiger partial charge >= 0.3 is 0 Å². The third-order valence-corrected chi connectivity index (χ3v) is 5.89. The fourth-order valence-corrected chi connectivity index (χ4v) is 4.16. The van der Waals surface area contributed by atoms with E-state index in [2.05, 4.69) is 0 Å². The SMILES string of the molecule is COc1ccc(C(N)=O)cc1-c1ccc(N(C)c2c(F)cccc2Cl)c(N2CC(F)C2)c1. The lowest BCUT2D eigenvalue weighted by atomic mass is 9.98. The van der Waals surface area contributed by atoms with Crippen molar-refractivity contribution < 1.29 is 18.3 Å². The van der Waals surface area contributed by atoms with Gasteiger partial charge in [-0.15, -0.1) is 0 Å². The number of hydrogen-bond donors (Lipinski definition) is 1. The second-order valence-electron chi connectivity index (χ2n) is 7.61. The van der Waals surface area contributed by atoms with Gasteiger partial charge in [-0.25, -0.2) is 8.78 Å². The molecule has 8 heteroatoms. The molecule has 1 amide bonds. The summed E-state index contributed by atoms with van der Waals surface area (Å²) < 4.78 is 33.8. The zero-order valence-electron chi connectivity index (χ0n) is 17.6. The van der Waals surface area contributed by atoms with Crippen molar-refractivity contribution in [3.05, 3.63) is 71.0 Å². The molecule has 166 valence electrons. The Hall–Kier alpha value is -3.32. The highest BCUT2D eigenvalue weighted by Crippen LogP contribution is 2.43. The van der Waals surface area contributed by atoms with E-state index in [1.807, 2.05) is 23.1 Å². The minimum absolute atomic E-state index is 0.230. The normalized spacial score (nSPS) is 13.6. The van der Waals surface area contributed by atoms with Crippen molar-refractivity contribution in [1.82, 2.24) is 0 Å². The predicted octanol–water partition coefficient (Wildman–Crippen LogP) is 5.18. The van der Waals surface area contributed by atoms with E-state index in [4.69, 9.17) is 22.1 Å². The predicted molar refractivity (Wildman–Crippen MR) is 124 cm³/mol. The second-order valence-corrected chi connectivity index (χ2v) is 8.02. The molecule has 0 spiro atoms. The lowest BCUT2D eigenvalue weighted by molar-refractivity contribution is 0.100. The number of carbonyl (C=O) groups is 1. The minimum atomic E-state index is -0.929. The van der Waals surface area contributed by atoms with E-state index in [-0.39, 0.29) is 23.8 Å². The molecule has 2 N–H and O–H groups in total. The van der Waals surface area contributed by atoms with Crippen molar-refractivity contribution in [2.75, 3.05) is 37.0 Å². The summed E-state index contributed by atoms with van der Waals surface area (Å²) in [5.41, 5.74) is 8.81. The van der Waals surface area contributed by atoms with Crippen LogP contribution in [0, 0.1) is 5.82 Å². The standard InChI is InChI=1S/C24H22ClF2N3O2/c1-29(23-18(25)4-3-5-19(23)27)20-8-6-14(11-21(20)30-12-16(26)13-30)17-10-15(24(28)31)7-9-22(17)32-2/h3-11,16H,12-13H2,1-2H3,(H2,28,31). The number of alkyl halides is 1. The van der Waals surface area contributed by atoms with Gasteiger partial charge in [0.25, 0.3) is 0 Å². The molecule has 0 saturated carbocycles. The quantitative estimate of drug-likeness (QED) is 0.554. The van der Waals surface area contributed by atoms with Crippen molar-refractivity contribution >= 4 is 34.6 Å². The van der Waals surface area contributed by atoms with Crippen LogP contribution in [0.5, 0.6) is 5.75 Å². The number of nitrogens with zero attached hydrogens (tertiary/aromatic N) is 2. The van der Waals surface area contributed by atoms with Crippen LogP contribution in [0.15, 0.2) is 54.6 Å². The smallest absolute Gasteiger partial charge is 0.248 e. The molecule has 0 radical (unpaired) electrons. The lowest BCUT2D eigenvalue weighted by Gasteiger charge is -2.39. The van der Waals surface area contributed by atoms with Gasteiger partial charge in [-0.05, 0) is 48.0 Å². The first kappa shape index (κ1) is 21.9. The maximum atomic E-state index is 14.6. The fourth-order valence-electron chi connectivity index (χ4n) is 3.87. The average molecular weight is 458 g/mol. The van der Waals surface area contributed by atoms with Gasteiger partial charge in [-0.3, -0.25) is 4.79 Å². The van der Waals surface area contributed by atoms with Crippen LogP contribution in [-0.4, -0.2) is 39.3 Å². The zero-order chi connectivity index (χ0) is 23.0. The fraction of sp³-hybridized carbons (Fsp3) is 0.208. The Kier molecular flexibility index (Phi) is 5.93. The Morgan fingerprint density at radius 3 is 2.56 bits per heavy atom. The molecule has 1 fully saturated rings. The van der Waals surface area contributed by atoms with E-state index < -0.39 is 17.9 Å². The number of halogens is 3. The number of carbonyl (C=O) groups excluding carboxylic acids is 1. The van der Waals surface area contributed by atoms with Crippen molar-refractivity contribution in [2.24, 2.45) is 5.73 Å². The Morgan fingerprint density at radius 1 is 1.19 bits per heavy atom. The number of hydrogen-bond acceptors (Lipinski definition) is 4. The minimum Gasteiger partial charge on any atom is -0.496 e. The molecular formula is C24H22ClF2N3O2. The summed E-state index contributed by atoms with van der Waals surface area (Å²) in [6.45, 7) is 0.460. The van der Waals surface area contributed by atoms with Crippen molar-refractivity contribution in [1.29, 1.82) is 0 Å². The summed E-state index contributed by atoms with van der Waals surface area (Å²) in [7, 11) is 3.25. The number of primary amides is 1. The first-order chi connectivity index (χ1) is 15.3. The maximum Gasteiger partial charge on any atom is 0.248 e. The van der Waals surface area contributed by atoms with Gasteiger partial charge in [0.05, 0.1) is 42.3 Å². The van der Waals surface area contributed by atoms with Crippen LogP contribution in [0.2, 0.25) is 5.02 Å². The molecule has 32 heavy (non-hydrogen) atoms. The van der Waals surface area contributed by atoms with E-state index in [1.54, 1.807) is 42.3 Å². The molecule has 0 aliphatic carbocycles. The van der Waals surface area contributed by atoms with Crippen LogP contribution < -0.4 is 20.3 Å². The molecule has 3 aromatic rings. The summed E-state index contributed by atoms with van der Waals surface area (Å²) >= 11 is 6.28. The van der Waals surface area contributed by atoms with Gasteiger partial charge in [0.15, 0.2) is 0 Å². The zero-order valence-corrected chi connectivity index (χ0v) is 18.4. The summed E-state index contributed by atoms with van der Waals surface area (Å²) in [5.74, 6) is -0.452. The Balaban J connectivity index is 1.85. The van der Waals surface area contributed by atoms with E-state index >= 15 is 0 Å². The third-order valence-electron chi connectivity index (χ3n) is 5.58. The molecule has 1 aliphatic rings. The molecule has 0 atom stereocenters. The number of amides is 1. The highest BCUT2D eigenvalue weighted by Gasteiger charge is 2.30. The number of methoxy groups -OCH3 is 1. The third kappa shape index (κ3) is 3.96. The number of ether oxygens (including phenoxy) is 1. The van der Waals surface area contributed by atoms with Gasteiger partial charge in [0.2, 0.25) is 5.91 Å². The highest BCUT2D eigenvalue weighted by molar-refractivity contribution is 6.33. The molecule has 4 rings (SSSR count). The summed E-state index contributed by atoms with van der Waals surface area (Å²) in [5, 5.41) is 0.269. The van der Waals surface area contributed by atoms with Crippen LogP contribution in [0.4, 0.5) is 25.8 Å². The van der Waals surface area contributed by atoms with E-state index in [0.717, 1.165) is 5.56 Å². The average Bonchev–Trinajstić information content (AvgIpc) is 2.75. The van der Waals surface area contributed by atoms with Crippen molar-refractivity contribution in [3.8, 4) is 16.9 Å². The van der Waals surface area contributed by atoms with Crippen molar-refractivity contribution in [3.63, 3.8) is 0 Å². The number of para-hydroxylation sites is 1. The molecule has 0 bridgehead atoms.